The summed E-state index contributed by atoms with van der Waals surface area (Å²) in [7, 11) is 0. The predicted octanol–water partition coefficient (Wildman–Crippen LogP) is 1.05. The summed E-state index contributed by atoms with van der Waals surface area (Å²) in [6.07, 6.45) is -0.824. The van der Waals surface area contributed by atoms with Crippen LogP contribution in [0.4, 0.5) is 10.5 Å². The van der Waals surface area contributed by atoms with Gasteiger partial charge in [-0.05, 0) is 18.2 Å². The number of fused-ring (bicyclic) bond motifs is 1. The van der Waals surface area contributed by atoms with Crippen molar-refractivity contribution in [1.29, 1.82) is 0 Å². The first-order valence-corrected chi connectivity index (χ1v) is 7.20. The van der Waals surface area contributed by atoms with E-state index in [2.05, 4.69) is 10.3 Å². The molecule has 1 aliphatic rings. The molecule has 0 aliphatic carbocycles. The van der Waals surface area contributed by atoms with Gasteiger partial charge in [0.05, 0.1) is 23.3 Å². The van der Waals surface area contributed by atoms with E-state index in [1.165, 1.54) is 11.8 Å². The normalized spacial score (nSPS) is 18.0. The number of H-pyrrole nitrogens is 1. The number of aromatic nitrogens is 1. The van der Waals surface area contributed by atoms with Crippen molar-refractivity contribution in [3.05, 3.63) is 27.9 Å². The third kappa shape index (κ3) is 2.75. The van der Waals surface area contributed by atoms with E-state index in [0.717, 1.165) is 21.6 Å². The second-order valence-corrected chi connectivity index (χ2v) is 5.76. The molecule has 1 aromatic heterocycles. The summed E-state index contributed by atoms with van der Waals surface area (Å²) < 4.78 is 5.99. The van der Waals surface area contributed by atoms with Crippen LogP contribution in [0.1, 0.15) is 6.92 Å². The summed E-state index contributed by atoms with van der Waals surface area (Å²) in [6.45, 7) is 2.07. The van der Waals surface area contributed by atoms with Crippen LogP contribution in [0.2, 0.25) is 0 Å². The minimum atomic E-state index is -0.451. The predicted molar refractivity (Wildman–Crippen MR) is 78.7 cm³/mol. The van der Waals surface area contributed by atoms with Crippen LogP contribution in [-0.2, 0) is 9.53 Å². The number of anilines is 1. The fourth-order valence-corrected chi connectivity index (χ4v) is 2.97. The summed E-state index contributed by atoms with van der Waals surface area (Å²) in [4.78, 5) is 38.2. The van der Waals surface area contributed by atoms with Gasteiger partial charge in [0, 0.05) is 12.6 Å². The summed E-state index contributed by atoms with van der Waals surface area (Å²) in [5.41, 5.74) is 1.42. The molecular formula is C13H13N3O4S. The summed E-state index contributed by atoms with van der Waals surface area (Å²) in [6, 6.07) is 5.30. The molecule has 2 amide bonds. The number of cyclic esters (lactones) is 1. The molecule has 21 heavy (non-hydrogen) atoms. The number of carbonyl (C=O) groups excluding carboxylic acids is 2. The average molecular weight is 307 g/mol. The first-order chi connectivity index (χ1) is 10.0. The third-order valence-corrected chi connectivity index (χ3v) is 4.01. The number of rotatable bonds is 3. The van der Waals surface area contributed by atoms with Crippen LogP contribution in [0.15, 0.2) is 23.0 Å². The SMILES string of the molecule is CC(=O)NC[C@H]1CN(c2ccc3[nH]c(=O)sc3c2)C(=O)O1. The number of nitrogens with one attached hydrogen (secondary N) is 2. The smallest absolute Gasteiger partial charge is 0.414 e. The minimum Gasteiger partial charge on any atom is -0.442 e. The molecule has 7 nitrogen and oxygen atoms in total. The Balaban J connectivity index is 1.80. The molecule has 0 spiro atoms. The largest absolute Gasteiger partial charge is 0.442 e. The molecular weight excluding hydrogens is 294 g/mol. The van der Waals surface area contributed by atoms with E-state index in [-0.39, 0.29) is 23.4 Å². The Hall–Kier alpha value is -2.35. The maximum atomic E-state index is 11.9. The van der Waals surface area contributed by atoms with Gasteiger partial charge in [-0.15, -0.1) is 0 Å². The van der Waals surface area contributed by atoms with Crippen molar-refractivity contribution < 1.29 is 14.3 Å². The van der Waals surface area contributed by atoms with Gasteiger partial charge < -0.3 is 15.0 Å². The number of amides is 2. The number of aromatic amines is 1. The highest BCUT2D eigenvalue weighted by molar-refractivity contribution is 7.16. The molecule has 8 heteroatoms. The maximum Gasteiger partial charge on any atom is 0.414 e. The molecule has 1 aliphatic heterocycles. The Labute approximate surface area is 123 Å². The zero-order valence-electron chi connectivity index (χ0n) is 11.2. The molecule has 2 N–H and O–H groups in total. The van der Waals surface area contributed by atoms with Crippen LogP contribution < -0.4 is 15.1 Å². The second kappa shape index (κ2) is 5.21. The van der Waals surface area contributed by atoms with Crippen molar-refractivity contribution in [3.63, 3.8) is 0 Å². The van der Waals surface area contributed by atoms with Crippen LogP contribution >= 0.6 is 11.3 Å². The molecule has 0 bridgehead atoms. The number of benzene rings is 1. The Morgan fingerprint density at radius 1 is 1.52 bits per heavy atom. The highest BCUT2D eigenvalue weighted by Gasteiger charge is 2.32. The van der Waals surface area contributed by atoms with Gasteiger partial charge >= 0.3 is 11.0 Å². The highest BCUT2D eigenvalue weighted by atomic mass is 32.1. The lowest BCUT2D eigenvalue weighted by atomic mass is 10.2. The molecule has 1 saturated heterocycles. The minimum absolute atomic E-state index is 0.130. The second-order valence-electron chi connectivity index (χ2n) is 4.75. The van der Waals surface area contributed by atoms with Gasteiger partial charge in [-0.25, -0.2) is 4.79 Å². The topological polar surface area (TPSA) is 91.5 Å². The van der Waals surface area contributed by atoms with E-state index in [1.54, 1.807) is 18.2 Å². The van der Waals surface area contributed by atoms with Crippen LogP contribution in [0.25, 0.3) is 10.2 Å². The van der Waals surface area contributed by atoms with Gasteiger partial charge in [-0.3, -0.25) is 14.5 Å². The van der Waals surface area contributed by atoms with Gasteiger partial charge in [0.15, 0.2) is 0 Å². The monoisotopic (exact) mass is 307 g/mol. The molecule has 1 atom stereocenters. The quantitative estimate of drug-likeness (QED) is 0.886. The number of ether oxygens (including phenoxy) is 1. The molecule has 0 unspecified atom stereocenters. The van der Waals surface area contributed by atoms with E-state index in [4.69, 9.17) is 4.74 Å². The summed E-state index contributed by atoms with van der Waals surface area (Å²) in [5, 5.41) is 2.63. The third-order valence-electron chi connectivity index (χ3n) is 3.17. The van der Waals surface area contributed by atoms with Crippen LogP contribution in [-0.4, -0.2) is 36.2 Å². The van der Waals surface area contributed by atoms with E-state index < -0.39 is 6.09 Å². The zero-order valence-corrected chi connectivity index (χ0v) is 12.0. The summed E-state index contributed by atoms with van der Waals surface area (Å²) in [5.74, 6) is -0.164. The van der Waals surface area contributed by atoms with Crippen molar-refractivity contribution in [2.45, 2.75) is 13.0 Å². The molecule has 1 aromatic carbocycles. The fourth-order valence-electron chi connectivity index (χ4n) is 2.20. The lowest BCUT2D eigenvalue weighted by Gasteiger charge is -2.12. The van der Waals surface area contributed by atoms with Crippen molar-refractivity contribution >= 4 is 39.2 Å². The van der Waals surface area contributed by atoms with E-state index in [1.807, 2.05) is 0 Å². The van der Waals surface area contributed by atoms with Gasteiger partial charge in [0.25, 0.3) is 0 Å². The number of carbonyl (C=O) groups is 2. The van der Waals surface area contributed by atoms with E-state index in [0.29, 0.717) is 12.2 Å². The fraction of sp³-hybridized carbons (Fsp3) is 0.308. The Kier molecular flexibility index (Phi) is 3.38. The van der Waals surface area contributed by atoms with Crippen molar-refractivity contribution in [1.82, 2.24) is 10.3 Å². The standard InChI is InChI=1S/C13H13N3O4S/c1-7(17)14-5-9-6-16(13(19)20-9)8-2-3-10-11(4-8)21-12(18)15-10/h2-4,9H,5-6H2,1H3,(H,14,17)(H,15,18)/t9-/m0/s1. The maximum absolute atomic E-state index is 11.9. The van der Waals surface area contributed by atoms with Gasteiger partial charge in [-0.1, -0.05) is 11.3 Å². The van der Waals surface area contributed by atoms with E-state index in [9.17, 15) is 14.4 Å². The molecule has 2 aromatic rings. The Morgan fingerprint density at radius 3 is 3.10 bits per heavy atom. The molecule has 3 rings (SSSR count). The lowest BCUT2D eigenvalue weighted by molar-refractivity contribution is -0.119. The van der Waals surface area contributed by atoms with Crippen molar-refractivity contribution in [2.75, 3.05) is 18.0 Å². The van der Waals surface area contributed by atoms with Gasteiger partial charge in [-0.2, -0.15) is 0 Å². The van der Waals surface area contributed by atoms with Gasteiger partial charge in [0.1, 0.15) is 6.10 Å². The molecule has 2 heterocycles. The number of nitrogens with zero attached hydrogens (tertiary/aromatic N) is 1. The Morgan fingerprint density at radius 2 is 2.33 bits per heavy atom. The van der Waals surface area contributed by atoms with Crippen molar-refractivity contribution in [2.24, 2.45) is 0 Å². The molecule has 0 saturated carbocycles. The lowest BCUT2D eigenvalue weighted by Crippen LogP contribution is -2.33. The van der Waals surface area contributed by atoms with Gasteiger partial charge in [0.2, 0.25) is 5.91 Å². The van der Waals surface area contributed by atoms with E-state index >= 15 is 0 Å². The Bertz CT molecular complexity index is 766. The van der Waals surface area contributed by atoms with Crippen LogP contribution in [0.5, 0.6) is 0 Å². The summed E-state index contributed by atoms with van der Waals surface area (Å²) >= 11 is 1.09. The zero-order chi connectivity index (χ0) is 15.0. The molecule has 1 fully saturated rings. The first kappa shape index (κ1) is 13.6. The number of hydrogen-bond donors (Lipinski definition) is 2. The first-order valence-electron chi connectivity index (χ1n) is 6.38. The average Bonchev–Trinajstić information content (AvgIpc) is 2.97. The number of hydrogen-bond acceptors (Lipinski definition) is 5. The number of thiazole rings is 1. The highest BCUT2D eigenvalue weighted by Crippen LogP contribution is 2.26. The van der Waals surface area contributed by atoms with Crippen LogP contribution in [0.3, 0.4) is 0 Å². The molecule has 0 radical (unpaired) electrons. The molecule has 110 valence electrons. The van der Waals surface area contributed by atoms with Crippen LogP contribution in [0, 0.1) is 0 Å². The van der Waals surface area contributed by atoms with Crippen molar-refractivity contribution in [3.8, 4) is 0 Å².